The average molecular weight is 311 g/mol. The number of sulfone groups is 1. The van der Waals surface area contributed by atoms with Crippen molar-refractivity contribution < 1.29 is 13.2 Å². The second-order valence-corrected chi connectivity index (χ2v) is 7.94. The van der Waals surface area contributed by atoms with E-state index in [0.717, 1.165) is 5.69 Å². The van der Waals surface area contributed by atoms with Gasteiger partial charge < -0.3 is 10.6 Å². The molecule has 21 heavy (non-hydrogen) atoms. The van der Waals surface area contributed by atoms with E-state index in [-0.39, 0.29) is 17.4 Å². The normalized spacial score (nSPS) is 23.8. The van der Waals surface area contributed by atoms with Gasteiger partial charge in [0.05, 0.1) is 28.3 Å². The lowest BCUT2D eigenvalue weighted by Gasteiger charge is -2.24. The molecule has 1 aliphatic rings. The highest BCUT2D eigenvalue weighted by Crippen LogP contribution is 2.24. The third-order valence-electron chi connectivity index (χ3n) is 3.57. The van der Waals surface area contributed by atoms with Gasteiger partial charge in [-0.25, -0.2) is 8.42 Å². The number of aromatic nitrogens is 1. The second-order valence-electron chi connectivity index (χ2n) is 5.76. The van der Waals surface area contributed by atoms with E-state index in [1.807, 2.05) is 19.9 Å². The molecule has 1 fully saturated rings. The van der Waals surface area contributed by atoms with Crippen LogP contribution in [-0.2, 0) is 9.84 Å². The zero-order chi connectivity index (χ0) is 15.7. The van der Waals surface area contributed by atoms with Gasteiger partial charge in [-0.3, -0.25) is 9.78 Å². The zero-order valence-corrected chi connectivity index (χ0v) is 13.4. The smallest absolute Gasteiger partial charge is 0.255 e. The van der Waals surface area contributed by atoms with E-state index in [0.29, 0.717) is 24.2 Å². The molecule has 1 saturated heterocycles. The van der Waals surface area contributed by atoms with Gasteiger partial charge >= 0.3 is 0 Å². The average Bonchev–Trinajstić information content (AvgIpc) is 2.63. The Labute approximate surface area is 125 Å². The van der Waals surface area contributed by atoms with E-state index < -0.39 is 15.4 Å². The third-order valence-corrected chi connectivity index (χ3v) is 5.47. The standard InChI is InChI=1S/C14H21N3O3S/c1-4-15-12-7-10(2)16-8-11(12)13(18)17-14(3)5-6-21(19,20)9-14/h7-8H,4-6,9H2,1-3H3,(H,15,16)(H,17,18). The van der Waals surface area contributed by atoms with Gasteiger partial charge in [-0.05, 0) is 33.3 Å². The molecular formula is C14H21N3O3S. The van der Waals surface area contributed by atoms with Crippen molar-refractivity contribution in [2.75, 3.05) is 23.4 Å². The fourth-order valence-electron chi connectivity index (χ4n) is 2.53. The summed E-state index contributed by atoms with van der Waals surface area (Å²) in [6.07, 6.45) is 1.96. The summed E-state index contributed by atoms with van der Waals surface area (Å²) in [6, 6.07) is 1.81. The lowest BCUT2D eigenvalue weighted by atomic mass is 10.0. The minimum atomic E-state index is -3.05. The van der Waals surface area contributed by atoms with Gasteiger partial charge in [-0.2, -0.15) is 0 Å². The number of hydrogen-bond acceptors (Lipinski definition) is 5. The van der Waals surface area contributed by atoms with Crippen LogP contribution in [0.4, 0.5) is 5.69 Å². The lowest BCUT2D eigenvalue weighted by Crippen LogP contribution is -2.47. The third kappa shape index (κ3) is 3.72. The van der Waals surface area contributed by atoms with Crippen LogP contribution in [0.1, 0.15) is 36.3 Å². The Morgan fingerprint density at radius 1 is 1.48 bits per heavy atom. The summed E-state index contributed by atoms with van der Waals surface area (Å²) >= 11 is 0. The van der Waals surface area contributed by atoms with Crippen molar-refractivity contribution in [3.63, 3.8) is 0 Å². The molecule has 1 atom stereocenters. The van der Waals surface area contributed by atoms with Gasteiger partial charge in [-0.1, -0.05) is 0 Å². The van der Waals surface area contributed by atoms with Gasteiger partial charge in [0.1, 0.15) is 0 Å². The number of carbonyl (C=O) groups excluding carboxylic acids is 1. The van der Waals surface area contributed by atoms with Crippen LogP contribution in [0, 0.1) is 6.92 Å². The van der Waals surface area contributed by atoms with Gasteiger partial charge in [-0.15, -0.1) is 0 Å². The van der Waals surface area contributed by atoms with Crippen LogP contribution in [0.25, 0.3) is 0 Å². The van der Waals surface area contributed by atoms with Crippen LogP contribution < -0.4 is 10.6 Å². The largest absolute Gasteiger partial charge is 0.385 e. The zero-order valence-electron chi connectivity index (χ0n) is 12.6. The molecule has 0 spiro atoms. The van der Waals surface area contributed by atoms with E-state index in [1.165, 1.54) is 6.20 Å². The molecule has 0 saturated carbocycles. The predicted octanol–water partition coefficient (Wildman–Crippen LogP) is 1.13. The van der Waals surface area contributed by atoms with Crippen LogP contribution >= 0.6 is 0 Å². The van der Waals surface area contributed by atoms with Crippen molar-refractivity contribution in [2.24, 2.45) is 0 Å². The van der Waals surface area contributed by atoms with Crippen molar-refractivity contribution in [3.8, 4) is 0 Å². The Bertz CT molecular complexity index is 657. The molecule has 0 aliphatic carbocycles. The molecule has 1 unspecified atom stereocenters. The highest BCUT2D eigenvalue weighted by atomic mass is 32.2. The maximum absolute atomic E-state index is 12.4. The fourth-order valence-corrected chi connectivity index (χ4v) is 4.62. The first-order valence-corrected chi connectivity index (χ1v) is 8.80. The fraction of sp³-hybridized carbons (Fsp3) is 0.571. The van der Waals surface area contributed by atoms with E-state index in [2.05, 4.69) is 15.6 Å². The Kier molecular flexibility index (Phi) is 4.22. The SMILES string of the molecule is CCNc1cc(C)ncc1C(=O)NC1(C)CCS(=O)(=O)C1. The number of rotatable bonds is 4. The van der Waals surface area contributed by atoms with Gasteiger partial charge in [0.25, 0.3) is 5.91 Å². The van der Waals surface area contributed by atoms with Crippen LogP contribution in [-0.4, -0.2) is 42.9 Å². The van der Waals surface area contributed by atoms with Gasteiger partial charge in [0.2, 0.25) is 0 Å². The number of carbonyl (C=O) groups is 1. The molecule has 116 valence electrons. The summed E-state index contributed by atoms with van der Waals surface area (Å²) < 4.78 is 23.2. The maximum Gasteiger partial charge on any atom is 0.255 e. The number of pyridine rings is 1. The molecular weight excluding hydrogens is 290 g/mol. The van der Waals surface area contributed by atoms with Crippen molar-refractivity contribution in [3.05, 3.63) is 23.5 Å². The number of anilines is 1. The molecule has 0 radical (unpaired) electrons. The quantitative estimate of drug-likeness (QED) is 0.870. The summed E-state index contributed by atoms with van der Waals surface area (Å²) in [5.74, 6) is -0.185. The Balaban J connectivity index is 2.21. The molecule has 6 nitrogen and oxygen atoms in total. The predicted molar refractivity (Wildman–Crippen MR) is 82.3 cm³/mol. The topological polar surface area (TPSA) is 88.2 Å². The van der Waals surface area contributed by atoms with Crippen LogP contribution in [0.15, 0.2) is 12.3 Å². The van der Waals surface area contributed by atoms with Gasteiger partial charge in [0.15, 0.2) is 9.84 Å². The summed E-state index contributed by atoms with van der Waals surface area (Å²) in [4.78, 5) is 16.6. The summed E-state index contributed by atoms with van der Waals surface area (Å²) in [6.45, 7) is 6.26. The lowest BCUT2D eigenvalue weighted by molar-refractivity contribution is 0.0916. The Morgan fingerprint density at radius 2 is 2.19 bits per heavy atom. The van der Waals surface area contributed by atoms with E-state index >= 15 is 0 Å². The Morgan fingerprint density at radius 3 is 2.76 bits per heavy atom. The molecule has 2 rings (SSSR count). The molecule has 0 aromatic carbocycles. The summed E-state index contributed by atoms with van der Waals surface area (Å²) in [5, 5.41) is 5.98. The van der Waals surface area contributed by atoms with Gasteiger partial charge in [0, 0.05) is 18.4 Å². The molecule has 2 N–H and O–H groups in total. The van der Waals surface area contributed by atoms with E-state index in [9.17, 15) is 13.2 Å². The first-order chi connectivity index (χ1) is 9.75. The van der Waals surface area contributed by atoms with Crippen LogP contribution in [0.2, 0.25) is 0 Å². The second kappa shape index (κ2) is 5.63. The summed E-state index contributed by atoms with van der Waals surface area (Å²) in [7, 11) is -3.05. The molecule has 1 aromatic rings. The molecule has 1 aromatic heterocycles. The highest BCUT2D eigenvalue weighted by molar-refractivity contribution is 7.91. The van der Waals surface area contributed by atoms with Crippen LogP contribution in [0.3, 0.4) is 0 Å². The van der Waals surface area contributed by atoms with Crippen molar-refractivity contribution >= 4 is 21.4 Å². The molecule has 2 heterocycles. The number of hydrogen-bond donors (Lipinski definition) is 2. The molecule has 1 amide bonds. The number of aryl methyl sites for hydroxylation is 1. The first-order valence-electron chi connectivity index (χ1n) is 6.98. The minimum Gasteiger partial charge on any atom is -0.385 e. The molecule has 1 aliphatic heterocycles. The highest BCUT2D eigenvalue weighted by Gasteiger charge is 2.39. The van der Waals surface area contributed by atoms with Crippen LogP contribution in [0.5, 0.6) is 0 Å². The number of amides is 1. The Hall–Kier alpha value is -1.63. The van der Waals surface area contributed by atoms with Crippen molar-refractivity contribution in [1.82, 2.24) is 10.3 Å². The van der Waals surface area contributed by atoms with E-state index in [4.69, 9.17) is 0 Å². The first kappa shape index (κ1) is 15.8. The van der Waals surface area contributed by atoms with Crippen molar-refractivity contribution in [2.45, 2.75) is 32.7 Å². The molecule has 0 bridgehead atoms. The van der Waals surface area contributed by atoms with Crippen molar-refractivity contribution in [1.29, 1.82) is 0 Å². The summed E-state index contributed by atoms with van der Waals surface area (Å²) in [5.41, 5.74) is 1.27. The minimum absolute atomic E-state index is 0.0123. The maximum atomic E-state index is 12.4. The molecule has 7 heteroatoms. The number of nitrogens with one attached hydrogen (secondary N) is 2. The monoisotopic (exact) mass is 311 g/mol. The number of nitrogens with zero attached hydrogens (tertiary/aromatic N) is 1. The van der Waals surface area contributed by atoms with E-state index in [1.54, 1.807) is 6.92 Å².